The lowest BCUT2D eigenvalue weighted by molar-refractivity contribution is 1.30. The lowest BCUT2D eigenvalue weighted by Gasteiger charge is -2.29. The molecule has 0 aliphatic carbocycles. The highest BCUT2D eigenvalue weighted by Gasteiger charge is 2.24. The van der Waals surface area contributed by atoms with Gasteiger partial charge in [0.05, 0.1) is 28.3 Å². The van der Waals surface area contributed by atoms with E-state index in [1.165, 1.54) is 16.2 Å². The second-order valence-electron chi connectivity index (χ2n) is 13.8. The Balaban J connectivity index is 1.35. The van der Waals surface area contributed by atoms with Crippen LogP contribution >= 0.6 is 0 Å². The molecular weight excluding hydrogens is 667 g/mol. The fraction of sp³-hybridized carbons (Fsp3) is 0. The van der Waals surface area contributed by atoms with E-state index in [0.29, 0.717) is 0 Å². The predicted octanol–water partition coefficient (Wildman–Crippen LogP) is 14.1. The molecule has 0 saturated heterocycles. The first-order chi connectivity index (χ1) is 27.3. The van der Waals surface area contributed by atoms with E-state index in [-0.39, 0.29) is 0 Å². The van der Waals surface area contributed by atoms with Crippen molar-refractivity contribution >= 4 is 49.5 Å². The van der Waals surface area contributed by atoms with Crippen molar-refractivity contribution in [3.63, 3.8) is 0 Å². The molecular formula is C52H35N3. The minimum Gasteiger partial charge on any atom is -0.310 e. The molecule has 3 heteroatoms. The molecule has 2 aromatic heterocycles. The highest BCUT2D eigenvalue weighted by Crippen LogP contribution is 2.48. The molecule has 0 fully saturated rings. The molecule has 10 rings (SSSR count). The van der Waals surface area contributed by atoms with Gasteiger partial charge in [-0.2, -0.15) is 0 Å². The van der Waals surface area contributed by atoms with Gasteiger partial charge >= 0.3 is 0 Å². The number of pyridine rings is 2. The Morgan fingerprint density at radius 1 is 0.345 bits per heavy atom. The quantitative estimate of drug-likeness (QED) is 0.155. The third-order valence-electron chi connectivity index (χ3n) is 10.4. The fourth-order valence-electron chi connectivity index (χ4n) is 7.88. The van der Waals surface area contributed by atoms with Gasteiger partial charge < -0.3 is 4.90 Å². The van der Waals surface area contributed by atoms with Crippen molar-refractivity contribution in [2.75, 3.05) is 4.90 Å². The number of anilines is 3. The number of hydrogen-bond acceptors (Lipinski definition) is 3. The summed E-state index contributed by atoms with van der Waals surface area (Å²) in [7, 11) is 0. The van der Waals surface area contributed by atoms with Gasteiger partial charge in [-0.05, 0) is 58.8 Å². The van der Waals surface area contributed by atoms with Crippen LogP contribution in [0.3, 0.4) is 0 Å². The Bertz CT molecular complexity index is 2850. The zero-order valence-corrected chi connectivity index (χ0v) is 30.0. The van der Waals surface area contributed by atoms with Gasteiger partial charge in [0.2, 0.25) is 0 Å². The average molecular weight is 702 g/mol. The molecule has 0 bridgehead atoms. The van der Waals surface area contributed by atoms with Gasteiger partial charge in [-0.25, -0.2) is 9.97 Å². The summed E-state index contributed by atoms with van der Waals surface area (Å²) in [5.74, 6) is 0. The number of nitrogens with zero attached hydrogens (tertiary/aromatic N) is 3. The Morgan fingerprint density at radius 2 is 0.836 bits per heavy atom. The molecule has 10 aromatic rings. The van der Waals surface area contributed by atoms with Crippen molar-refractivity contribution in [3.8, 4) is 44.9 Å². The first kappa shape index (κ1) is 32.3. The Kier molecular flexibility index (Phi) is 8.16. The molecule has 0 amide bonds. The monoisotopic (exact) mass is 701 g/mol. The maximum atomic E-state index is 5.74. The molecule has 0 atom stereocenters. The molecule has 0 aliphatic heterocycles. The van der Waals surface area contributed by atoms with Gasteiger partial charge in [-0.3, -0.25) is 0 Å². The van der Waals surface area contributed by atoms with Crippen LogP contribution in [0, 0.1) is 0 Å². The third-order valence-corrected chi connectivity index (χ3v) is 10.4. The van der Waals surface area contributed by atoms with Crippen molar-refractivity contribution in [1.29, 1.82) is 0 Å². The molecule has 0 radical (unpaired) electrons. The normalized spacial score (nSPS) is 11.3. The Hall–Kier alpha value is -7.36. The Morgan fingerprint density at radius 3 is 1.42 bits per heavy atom. The molecule has 3 nitrogen and oxygen atoms in total. The summed E-state index contributed by atoms with van der Waals surface area (Å²) in [4.78, 5) is 13.3. The van der Waals surface area contributed by atoms with Gasteiger partial charge in [0.1, 0.15) is 0 Å². The first-order valence-electron chi connectivity index (χ1n) is 18.7. The van der Waals surface area contributed by atoms with Gasteiger partial charge in [0.15, 0.2) is 0 Å². The maximum absolute atomic E-state index is 5.74. The van der Waals surface area contributed by atoms with E-state index in [1.807, 2.05) is 12.1 Å². The van der Waals surface area contributed by atoms with E-state index in [1.54, 1.807) is 0 Å². The summed E-state index contributed by atoms with van der Waals surface area (Å²) < 4.78 is 0. The van der Waals surface area contributed by atoms with E-state index in [0.717, 1.165) is 78.3 Å². The van der Waals surface area contributed by atoms with E-state index in [9.17, 15) is 0 Å². The summed E-state index contributed by atoms with van der Waals surface area (Å²) in [6.07, 6.45) is 0. The zero-order chi connectivity index (χ0) is 36.6. The fourth-order valence-corrected chi connectivity index (χ4v) is 7.88. The molecule has 2 heterocycles. The van der Waals surface area contributed by atoms with Crippen molar-refractivity contribution in [2.24, 2.45) is 0 Å². The zero-order valence-electron chi connectivity index (χ0n) is 30.0. The number of fused-ring (bicyclic) bond motifs is 5. The summed E-state index contributed by atoms with van der Waals surface area (Å²) in [6.45, 7) is 0. The standard InChI is InChI=1S/C52H35N3/c1-6-19-36(20-7-1)46-33-40(34-47(53-46)37-21-8-2-9-22-37)44-31-18-32-45-49-43-30-17-16-25-39(43)35-48(50(49)51(54-52(44)45)38-23-10-3-11-24-38)55(41-26-12-4-13-27-41)42-28-14-5-15-29-42/h1-35H. The number of rotatable bonds is 7. The molecule has 0 aliphatic rings. The van der Waals surface area contributed by atoms with Gasteiger partial charge in [-0.15, -0.1) is 0 Å². The second kappa shape index (κ2) is 13.9. The van der Waals surface area contributed by atoms with Crippen LogP contribution in [0.25, 0.3) is 77.3 Å². The van der Waals surface area contributed by atoms with Gasteiger partial charge in [-0.1, -0.05) is 170 Å². The lowest BCUT2D eigenvalue weighted by atomic mass is 9.90. The SMILES string of the molecule is c1ccc(-c2cc(-c3cccc4c3nc(-c3ccccc3)c3c(N(c5ccccc5)c5ccccc5)cc5ccccc5c34)cc(-c3ccccc3)n2)cc1. The van der Waals surface area contributed by atoms with Crippen molar-refractivity contribution in [1.82, 2.24) is 9.97 Å². The summed E-state index contributed by atoms with van der Waals surface area (Å²) in [5, 5.41) is 5.74. The van der Waals surface area contributed by atoms with Crippen LogP contribution in [0.5, 0.6) is 0 Å². The summed E-state index contributed by atoms with van der Waals surface area (Å²) >= 11 is 0. The van der Waals surface area contributed by atoms with Crippen LogP contribution in [-0.4, -0.2) is 9.97 Å². The van der Waals surface area contributed by atoms with Crippen molar-refractivity contribution < 1.29 is 0 Å². The van der Waals surface area contributed by atoms with Crippen LogP contribution in [-0.2, 0) is 0 Å². The van der Waals surface area contributed by atoms with Crippen LogP contribution in [0.2, 0.25) is 0 Å². The third kappa shape index (κ3) is 5.89. The number of para-hydroxylation sites is 3. The number of benzene rings is 8. The molecule has 0 spiro atoms. The predicted molar refractivity (Wildman–Crippen MR) is 231 cm³/mol. The van der Waals surface area contributed by atoms with E-state index >= 15 is 0 Å². The molecule has 55 heavy (non-hydrogen) atoms. The van der Waals surface area contributed by atoms with Crippen LogP contribution in [0.4, 0.5) is 17.1 Å². The topological polar surface area (TPSA) is 29.0 Å². The minimum atomic E-state index is 0.923. The highest BCUT2D eigenvalue weighted by molar-refractivity contribution is 6.28. The second-order valence-corrected chi connectivity index (χ2v) is 13.8. The molecule has 0 saturated carbocycles. The van der Waals surface area contributed by atoms with E-state index in [2.05, 4.69) is 205 Å². The smallest absolute Gasteiger partial charge is 0.0809 e. The van der Waals surface area contributed by atoms with Crippen LogP contribution < -0.4 is 4.90 Å². The average Bonchev–Trinajstić information content (AvgIpc) is 3.27. The van der Waals surface area contributed by atoms with Crippen molar-refractivity contribution in [3.05, 3.63) is 212 Å². The summed E-state index contributed by atoms with van der Waals surface area (Å²) in [6, 6.07) is 75.0. The maximum Gasteiger partial charge on any atom is 0.0809 e. The molecule has 0 N–H and O–H groups in total. The highest BCUT2D eigenvalue weighted by atomic mass is 15.1. The largest absolute Gasteiger partial charge is 0.310 e. The minimum absolute atomic E-state index is 0.923. The molecule has 0 unspecified atom stereocenters. The number of aromatic nitrogens is 2. The first-order valence-corrected chi connectivity index (χ1v) is 18.7. The number of hydrogen-bond donors (Lipinski definition) is 0. The van der Waals surface area contributed by atoms with Gasteiger partial charge in [0.25, 0.3) is 0 Å². The van der Waals surface area contributed by atoms with E-state index < -0.39 is 0 Å². The van der Waals surface area contributed by atoms with Crippen molar-refractivity contribution in [2.45, 2.75) is 0 Å². The van der Waals surface area contributed by atoms with Gasteiger partial charge in [0, 0.05) is 49.8 Å². The molecule has 258 valence electrons. The van der Waals surface area contributed by atoms with Crippen LogP contribution in [0.15, 0.2) is 212 Å². The summed E-state index contributed by atoms with van der Waals surface area (Å²) in [5.41, 5.74) is 12.3. The lowest BCUT2D eigenvalue weighted by Crippen LogP contribution is -2.11. The van der Waals surface area contributed by atoms with Crippen LogP contribution in [0.1, 0.15) is 0 Å². The Labute approximate surface area is 320 Å². The van der Waals surface area contributed by atoms with E-state index in [4.69, 9.17) is 9.97 Å². The molecule has 8 aromatic carbocycles.